The molecule has 0 atom stereocenters. The summed E-state index contributed by atoms with van der Waals surface area (Å²) in [6.45, 7) is 0. The highest BCUT2D eigenvalue weighted by atomic mass is 32.1. The topological polar surface area (TPSA) is 51.6 Å². The van der Waals surface area contributed by atoms with Gasteiger partial charge in [0.25, 0.3) is 0 Å². The van der Waals surface area contributed by atoms with Crippen LogP contribution >= 0.6 is 22.7 Å². The maximum absolute atomic E-state index is 5.26. The van der Waals surface area contributed by atoms with Crippen molar-refractivity contribution in [3.05, 3.63) is 83.8 Å². The van der Waals surface area contributed by atoms with Crippen molar-refractivity contribution in [3.63, 3.8) is 0 Å². The molecular weight excluding hydrogens is 432 g/mol. The summed E-state index contributed by atoms with van der Waals surface area (Å²) in [7, 11) is 0. The third-order valence-corrected chi connectivity index (χ3v) is 7.55. The van der Waals surface area contributed by atoms with Gasteiger partial charge in [0.05, 0.1) is 33.1 Å². The van der Waals surface area contributed by atoms with E-state index in [1.165, 1.54) is 9.75 Å². The Morgan fingerprint density at radius 1 is 0.469 bits per heavy atom. The molecule has 4 nitrogen and oxygen atoms in total. The first-order chi connectivity index (χ1) is 15.9. The summed E-state index contributed by atoms with van der Waals surface area (Å²) in [5.41, 5.74) is 7.48. The van der Waals surface area contributed by atoms with Crippen LogP contribution in [0.15, 0.2) is 83.8 Å². The molecule has 0 saturated carbocycles. The molecule has 0 spiro atoms. The van der Waals surface area contributed by atoms with Gasteiger partial charge in [0.2, 0.25) is 0 Å². The highest BCUT2D eigenvalue weighted by Gasteiger charge is 2.18. The fourth-order valence-corrected chi connectivity index (χ4v) is 5.85. The van der Waals surface area contributed by atoms with Gasteiger partial charge in [-0.15, -0.1) is 22.7 Å². The highest BCUT2D eigenvalue weighted by Crippen LogP contribution is 2.40. The van der Waals surface area contributed by atoms with E-state index < -0.39 is 0 Å². The van der Waals surface area contributed by atoms with E-state index in [0.29, 0.717) is 0 Å². The largest absolute Gasteiger partial charge is 0.254 e. The molecule has 0 N–H and O–H groups in total. The van der Waals surface area contributed by atoms with Crippen LogP contribution in [-0.4, -0.2) is 19.9 Å². The molecule has 7 rings (SSSR count). The van der Waals surface area contributed by atoms with Gasteiger partial charge in [-0.3, -0.25) is 9.97 Å². The van der Waals surface area contributed by atoms with E-state index >= 15 is 0 Å². The first-order valence-corrected chi connectivity index (χ1v) is 12.0. The Morgan fingerprint density at radius 2 is 0.969 bits per heavy atom. The molecule has 0 aliphatic rings. The molecule has 0 aliphatic carbocycles. The van der Waals surface area contributed by atoms with Gasteiger partial charge >= 0.3 is 0 Å². The van der Waals surface area contributed by atoms with E-state index in [2.05, 4.69) is 69.3 Å². The Morgan fingerprint density at radius 3 is 1.41 bits per heavy atom. The molecule has 32 heavy (non-hydrogen) atoms. The Bertz CT molecular complexity index is 1640. The van der Waals surface area contributed by atoms with Crippen molar-refractivity contribution >= 4 is 66.5 Å². The van der Waals surface area contributed by atoms with Crippen LogP contribution in [0.3, 0.4) is 0 Å². The van der Waals surface area contributed by atoms with E-state index in [0.717, 1.165) is 55.0 Å². The van der Waals surface area contributed by atoms with Crippen LogP contribution in [0.1, 0.15) is 0 Å². The second-order valence-corrected chi connectivity index (χ2v) is 9.43. The lowest BCUT2D eigenvalue weighted by atomic mass is 10.0. The summed E-state index contributed by atoms with van der Waals surface area (Å²) in [6.07, 6.45) is 3.62. The van der Waals surface area contributed by atoms with Crippen molar-refractivity contribution in [1.82, 2.24) is 19.9 Å². The molecule has 0 fully saturated rings. The standard InChI is InChI=1S/C26H14N4S2/c1-5-17-21(27-11-1)22-18(6-2-12-28-22)26-25(17)29-23-15(19-7-3-13-31-19)9-10-16(24(23)30-26)20-8-4-14-32-20/h1-14H. The Balaban J connectivity index is 1.73. The summed E-state index contributed by atoms with van der Waals surface area (Å²) >= 11 is 3.44. The van der Waals surface area contributed by atoms with Gasteiger partial charge in [-0.2, -0.15) is 0 Å². The summed E-state index contributed by atoms with van der Waals surface area (Å²) < 4.78 is 0. The fraction of sp³-hybridized carbons (Fsp3) is 0. The van der Waals surface area contributed by atoms with Gasteiger partial charge in [-0.1, -0.05) is 24.3 Å². The van der Waals surface area contributed by atoms with Crippen LogP contribution in [0.4, 0.5) is 0 Å². The zero-order chi connectivity index (χ0) is 21.1. The third-order valence-electron chi connectivity index (χ3n) is 5.75. The van der Waals surface area contributed by atoms with Crippen LogP contribution in [0.25, 0.3) is 64.8 Å². The van der Waals surface area contributed by atoms with Gasteiger partial charge in [0, 0.05) is 44.0 Å². The smallest absolute Gasteiger partial charge is 0.0996 e. The van der Waals surface area contributed by atoms with Crippen molar-refractivity contribution in [2.45, 2.75) is 0 Å². The predicted octanol–water partition coefficient (Wildman–Crippen LogP) is 7.34. The van der Waals surface area contributed by atoms with Crippen LogP contribution in [-0.2, 0) is 0 Å². The van der Waals surface area contributed by atoms with E-state index in [4.69, 9.17) is 9.97 Å². The molecule has 0 aliphatic heterocycles. The minimum absolute atomic E-state index is 0.858. The summed E-state index contributed by atoms with van der Waals surface area (Å²) in [5, 5.41) is 6.14. The zero-order valence-electron chi connectivity index (χ0n) is 16.7. The number of rotatable bonds is 2. The Labute approximate surface area is 190 Å². The van der Waals surface area contributed by atoms with Gasteiger partial charge in [0.1, 0.15) is 0 Å². The van der Waals surface area contributed by atoms with Crippen molar-refractivity contribution in [3.8, 4) is 20.9 Å². The number of aromatic nitrogens is 4. The summed E-state index contributed by atoms with van der Waals surface area (Å²) in [5.74, 6) is 0. The normalized spacial score (nSPS) is 11.8. The van der Waals surface area contributed by atoms with E-state index in [1.54, 1.807) is 22.7 Å². The van der Waals surface area contributed by atoms with Crippen LogP contribution in [0.5, 0.6) is 0 Å². The van der Waals surface area contributed by atoms with E-state index in [1.807, 2.05) is 24.5 Å². The van der Waals surface area contributed by atoms with Crippen LogP contribution < -0.4 is 0 Å². The zero-order valence-corrected chi connectivity index (χ0v) is 18.3. The molecule has 0 radical (unpaired) electrons. The van der Waals surface area contributed by atoms with Gasteiger partial charge < -0.3 is 0 Å². The molecule has 6 heteroatoms. The molecule has 7 aromatic rings. The highest BCUT2D eigenvalue weighted by molar-refractivity contribution is 7.14. The van der Waals surface area contributed by atoms with Gasteiger partial charge in [-0.25, -0.2) is 9.97 Å². The molecule has 0 bridgehead atoms. The quantitative estimate of drug-likeness (QED) is 0.206. The first kappa shape index (κ1) is 17.9. The SMILES string of the molecule is c1csc(-c2ccc(-c3cccs3)c3nc4c5cccnc5c5ncccc5c4nc23)c1. The lowest BCUT2D eigenvalue weighted by Gasteiger charge is -2.12. The molecule has 0 amide bonds. The van der Waals surface area contributed by atoms with E-state index in [9.17, 15) is 0 Å². The average Bonchev–Trinajstić information content (AvgIpc) is 3.57. The summed E-state index contributed by atoms with van der Waals surface area (Å²) in [6, 6.07) is 20.8. The van der Waals surface area contributed by atoms with Crippen LogP contribution in [0, 0.1) is 0 Å². The Hall–Kier alpha value is -3.74. The summed E-state index contributed by atoms with van der Waals surface area (Å²) in [4.78, 5) is 22.2. The molecule has 2 aromatic carbocycles. The Kier molecular flexibility index (Phi) is 3.85. The second kappa shape index (κ2) is 6.88. The maximum Gasteiger partial charge on any atom is 0.0996 e. The second-order valence-electron chi connectivity index (χ2n) is 7.53. The average molecular weight is 447 g/mol. The minimum Gasteiger partial charge on any atom is -0.254 e. The number of pyridine rings is 2. The molecule has 0 unspecified atom stereocenters. The molecule has 150 valence electrons. The lowest BCUT2D eigenvalue weighted by molar-refractivity contribution is 1.36. The van der Waals surface area contributed by atoms with Crippen molar-refractivity contribution in [2.75, 3.05) is 0 Å². The van der Waals surface area contributed by atoms with Crippen molar-refractivity contribution in [1.29, 1.82) is 0 Å². The fourth-order valence-electron chi connectivity index (χ4n) is 4.34. The molecular formula is C26H14N4S2. The maximum atomic E-state index is 5.26. The lowest BCUT2D eigenvalue weighted by Crippen LogP contribution is -1.96. The number of nitrogens with zero attached hydrogens (tertiary/aromatic N) is 4. The number of hydrogen-bond donors (Lipinski definition) is 0. The number of hydrogen-bond acceptors (Lipinski definition) is 6. The first-order valence-electron chi connectivity index (χ1n) is 10.2. The van der Waals surface area contributed by atoms with Gasteiger partial charge in [0.15, 0.2) is 0 Å². The molecule has 0 saturated heterocycles. The third kappa shape index (κ3) is 2.54. The minimum atomic E-state index is 0.858. The number of thiophene rings is 2. The number of benzene rings is 2. The van der Waals surface area contributed by atoms with Crippen LogP contribution in [0.2, 0.25) is 0 Å². The molecule has 5 heterocycles. The van der Waals surface area contributed by atoms with E-state index in [-0.39, 0.29) is 0 Å². The number of fused-ring (bicyclic) bond motifs is 7. The molecule has 5 aromatic heterocycles. The van der Waals surface area contributed by atoms with Crippen molar-refractivity contribution in [2.24, 2.45) is 0 Å². The van der Waals surface area contributed by atoms with Crippen molar-refractivity contribution < 1.29 is 0 Å². The monoisotopic (exact) mass is 446 g/mol. The predicted molar refractivity (Wildman–Crippen MR) is 134 cm³/mol. The van der Waals surface area contributed by atoms with Gasteiger partial charge in [-0.05, 0) is 47.2 Å².